The quantitative estimate of drug-likeness (QED) is 0.538. The first kappa shape index (κ1) is 16.4. The summed E-state index contributed by atoms with van der Waals surface area (Å²) in [6.07, 6.45) is 1.08. The van der Waals surface area contributed by atoms with Crippen LogP contribution in [0.3, 0.4) is 0 Å². The van der Waals surface area contributed by atoms with Gasteiger partial charge in [-0.15, -0.1) is 0 Å². The Labute approximate surface area is 113 Å². The van der Waals surface area contributed by atoms with Gasteiger partial charge in [0.25, 0.3) is 0 Å². The largest absolute Gasteiger partial charge is 0.810 e. The maximum absolute atomic E-state index is 8.41. The normalized spacial score (nSPS) is 9.53. The molecule has 1 rings (SSSR count). The van der Waals surface area contributed by atoms with Gasteiger partial charge in [-0.05, 0) is 5.56 Å². The Bertz CT molecular complexity index is 272. The average Bonchev–Trinajstić information content (AvgIpc) is 2.30. The van der Waals surface area contributed by atoms with E-state index in [9.17, 15) is 0 Å². The molecule has 0 saturated carbocycles. The van der Waals surface area contributed by atoms with Crippen LogP contribution in [0.1, 0.15) is 33.3 Å². The zero-order chi connectivity index (χ0) is 13.1. The average molecular weight is 245 g/mol. The van der Waals surface area contributed by atoms with Crippen LogP contribution in [0.15, 0.2) is 30.3 Å². The molecule has 0 heterocycles. The molecule has 0 amide bonds. The molecule has 0 atom stereocenters. The summed E-state index contributed by atoms with van der Waals surface area (Å²) in [5.74, 6) is 1.86. The summed E-state index contributed by atoms with van der Waals surface area (Å²) in [6.45, 7) is 9.25. The third-order valence-electron chi connectivity index (χ3n) is 2.22. The zero-order valence-corrected chi connectivity index (χ0v) is 12.7. The number of nitrogens with zero attached hydrogens (tertiary/aromatic N) is 1. The number of hydrogen-bond donors (Lipinski definition) is 0. The molecule has 1 aromatic carbocycles. The number of benzene rings is 1. The molecule has 0 N–H and O–H groups in total. The summed E-state index contributed by atoms with van der Waals surface area (Å²) in [7, 11) is 0. The van der Waals surface area contributed by atoms with Gasteiger partial charge in [-0.25, -0.2) is 0 Å². The molecule has 0 aromatic heterocycles. The van der Waals surface area contributed by atoms with Crippen LogP contribution >= 0.6 is 0 Å². The standard InChI is InChI=1S/C7H6N.2C4H9.Al/c8-6-7-4-2-1-3-5-7;2*1-4(2)3;/h1-6H;2*4H,1H2,2-3H3;/q-1;;;+1. The molecule has 0 fully saturated rings. The van der Waals surface area contributed by atoms with Gasteiger partial charge in [-0.1, -0.05) is 30.3 Å². The molecule has 92 valence electrons. The van der Waals surface area contributed by atoms with Gasteiger partial charge in [-0.3, -0.25) is 0 Å². The Balaban J connectivity index is 0.000000302. The van der Waals surface area contributed by atoms with Crippen molar-refractivity contribution in [2.45, 2.75) is 38.3 Å². The van der Waals surface area contributed by atoms with Gasteiger partial charge in [-0.2, -0.15) is 6.21 Å². The van der Waals surface area contributed by atoms with Crippen molar-refractivity contribution in [3.05, 3.63) is 41.3 Å². The van der Waals surface area contributed by atoms with Crippen molar-refractivity contribution in [2.24, 2.45) is 11.8 Å². The molecule has 0 aliphatic heterocycles. The van der Waals surface area contributed by atoms with Crippen molar-refractivity contribution >= 4 is 21.4 Å². The Morgan fingerprint density at radius 1 is 1.00 bits per heavy atom. The van der Waals surface area contributed by atoms with Crippen molar-refractivity contribution in [1.82, 2.24) is 0 Å². The van der Waals surface area contributed by atoms with E-state index < -0.39 is 0 Å². The van der Waals surface area contributed by atoms with Crippen LogP contribution in [0.25, 0.3) is 5.41 Å². The van der Waals surface area contributed by atoms with E-state index in [0.717, 1.165) is 38.8 Å². The summed E-state index contributed by atoms with van der Waals surface area (Å²) >= 11 is 0.755. The van der Waals surface area contributed by atoms with Crippen LogP contribution in [-0.2, 0) is 0 Å². The zero-order valence-electron chi connectivity index (χ0n) is 11.6. The molecular weight excluding hydrogens is 221 g/mol. The van der Waals surface area contributed by atoms with Crippen molar-refractivity contribution in [3.8, 4) is 0 Å². The van der Waals surface area contributed by atoms with Crippen molar-refractivity contribution in [2.75, 3.05) is 0 Å². The van der Waals surface area contributed by atoms with E-state index in [4.69, 9.17) is 5.41 Å². The Kier molecular flexibility index (Phi) is 10.2. The molecular formula is C15H24AlN. The van der Waals surface area contributed by atoms with Crippen molar-refractivity contribution < 1.29 is 0 Å². The summed E-state index contributed by atoms with van der Waals surface area (Å²) < 4.78 is 0. The third kappa shape index (κ3) is 11.7. The second-order valence-electron chi connectivity index (χ2n) is 5.09. The number of hydrogen-bond acceptors (Lipinski definition) is 0. The summed E-state index contributed by atoms with van der Waals surface area (Å²) in [5.41, 5.74) is 0.840. The van der Waals surface area contributed by atoms with E-state index >= 15 is 0 Å². The van der Waals surface area contributed by atoms with Gasteiger partial charge in [0.15, 0.2) is 0 Å². The summed E-state index contributed by atoms with van der Waals surface area (Å²) in [4.78, 5) is 0. The van der Waals surface area contributed by atoms with Crippen LogP contribution in [0.4, 0.5) is 0 Å². The molecule has 0 spiro atoms. The minimum atomic E-state index is 0.755. The molecule has 1 nitrogen and oxygen atoms in total. The first-order valence-electron chi connectivity index (χ1n) is 6.40. The molecule has 2 heteroatoms. The minimum absolute atomic E-state index is 0.755. The monoisotopic (exact) mass is 245 g/mol. The van der Waals surface area contributed by atoms with E-state index in [2.05, 4.69) is 27.7 Å². The van der Waals surface area contributed by atoms with E-state index in [1.807, 2.05) is 30.3 Å². The first-order chi connectivity index (χ1) is 8.06. The van der Waals surface area contributed by atoms with Gasteiger partial charge in [0, 0.05) is 0 Å². The third-order valence-corrected chi connectivity index (χ3v) is 4.78. The molecule has 0 aliphatic carbocycles. The fraction of sp³-hybridized carbons (Fsp3) is 0.533. The fourth-order valence-electron chi connectivity index (χ4n) is 1.30. The second-order valence-corrected chi connectivity index (χ2v) is 6.61. The van der Waals surface area contributed by atoms with Crippen LogP contribution in [0, 0.1) is 11.8 Å². The maximum Gasteiger partial charge on any atom is -0.0491 e. The Hall–Kier alpha value is -0.578. The van der Waals surface area contributed by atoms with Gasteiger partial charge < -0.3 is 5.41 Å². The van der Waals surface area contributed by atoms with Gasteiger partial charge in [0.05, 0.1) is 0 Å². The van der Waals surface area contributed by atoms with E-state index in [-0.39, 0.29) is 0 Å². The molecule has 0 unspecified atom stereocenters. The van der Waals surface area contributed by atoms with Crippen LogP contribution in [0.5, 0.6) is 0 Å². The maximum atomic E-state index is 8.41. The molecule has 0 bridgehead atoms. The second kappa shape index (κ2) is 10.6. The van der Waals surface area contributed by atoms with E-state index in [1.54, 1.807) is 0 Å². The van der Waals surface area contributed by atoms with E-state index in [0.29, 0.717) is 0 Å². The predicted molar refractivity (Wildman–Crippen MR) is 80.0 cm³/mol. The van der Waals surface area contributed by atoms with Crippen LogP contribution in [-0.4, -0.2) is 21.4 Å². The molecule has 17 heavy (non-hydrogen) atoms. The van der Waals surface area contributed by atoms with Gasteiger partial charge >= 0.3 is 65.3 Å². The SMILES string of the molecule is CC(C)[CH2][Al+][CH2]C(C)C.[N-]=Cc1ccccc1. The first-order valence-corrected chi connectivity index (χ1v) is 8.03. The predicted octanol–water partition coefficient (Wildman–Crippen LogP) is 4.51. The molecule has 0 aliphatic rings. The molecule has 1 aromatic rings. The molecule has 0 saturated heterocycles. The van der Waals surface area contributed by atoms with Crippen molar-refractivity contribution in [1.29, 1.82) is 0 Å². The van der Waals surface area contributed by atoms with Crippen LogP contribution in [0.2, 0.25) is 10.6 Å². The fourth-order valence-corrected chi connectivity index (χ4v) is 2.83. The summed E-state index contributed by atoms with van der Waals surface area (Å²) in [6, 6.07) is 9.33. The van der Waals surface area contributed by atoms with E-state index in [1.165, 1.54) is 10.6 Å². The topological polar surface area (TPSA) is 22.3 Å². The Morgan fingerprint density at radius 2 is 1.47 bits per heavy atom. The molecule has 0 radical (unpaired) electrons. The van der Waals surface area contributed by atoms with Gasteiger partial charge in [0.2, 0.25) is 0 Å². The summed E-state index contributed by atoms with van der Waals surface area (Å²) in [5, 5.41) is 11.4. The Morgan fingerprint density at radius 3 is 1.76 bits per heavy atom. The number of rotatable bonds is 5. The minimum Gasteiger partial charge on any atom is -0.810 e. The van der Waals surface area contributed by atoms with Crippen molar-refractivity contribution in [3.63, 3.8) is 0 Å². The van der Waals surface area contributed by atoms with Gasteiger partial charge in [0.1, 0.15) is 0 Å². The van der Waals surface area contributed by atoms with Crippen LogP contribution < -0.4 is 0 Å². The smallest absolute Gasteiger partial charge is 0.0491 e.